The molecule has 0 spiro atoms. The summed E-state index contributed by atoms with van der Waals surface area (Å²) in [4.78, 5) is 2.43. The summed E-state index contributed by atoms with van der Waals surface area (Å²) in [6.07, 6.45) is 5.98. The van der Waals surface area contributed by atoms with Crippen LogP contribution in [-0.4, -0.2) is 45.5 Å². The molecule has 0 bridgehead atoms. The summed E-state index contributed by atoms with van der Waals surface area (Å²) in [5, 5.41) is 14.2. The van der Waals surface area contributed by atoms with Crippen LogP contribution in [0.2, 0.25) is 0 Å². The molecule has 5 nitrogen and oxygen atoms in total. The molecule has 4 atom stereocenters. The van der Waals surface area contributed by atoms with Crippen molar-refractivity contribution < 1.29 is 5.11 Å². The molecule has 2 fully saturated rings. The van der Waals surface area contributed by atoms with E-state index in [1.165, 1.54) is 5.56 Å². The van der Waals surface area contributed by atoms with E-state index in [1.807, 2.05) is 24.1 Å². The van der Waals surface area contributed by atoms with Gasteiger partial charge in [0.15, 0.2) is 0 Å². The average molecular weight is 250 g/mol. The zero-order valence-corrected chi connectivity index (χ0v) is 10.9. The molecule has 1 aliphatic carbocycles. The average Bonchev–Trinajstić information content (AvgIpc) is 3.01. The van der Waals surface area contributed by atoms with Crippen LogP contribution in [0.1, 0.15) is 24.4 Å². The van der Waals surface area contributed by atoms with Gasteiger partial charge < -0.3 is 10.8 Å². The van der Waals surface area contributed by atoms with Gasteiger partial charge in [0.1, 0.15) is 0 Å². The van der Waals surface area contributed by atoms with Crippen LogP contribution in [0.4, 0.5) is 0 Å². The first-order chi connectivity index (χ1) is 8.69. The Bertz CT molecular complexity index is 419. The maximum Gasteiger partial charge on any atom is 0.0583 e. The van der Waals surface area contributed by atoms with Crippen molar-refractivity contribution in [1.82, 2.24) is 14.7 Å². The summed E-state index contributed by atoms with van der Waals surface area (Å²) >= 11 is 0. The smallest absolute Gasteiger partial charge is 0.0583 e. The second kappa shape index (κ2) is 4.64. The van der Waals surface area contributed by atoms with Gasteiger partial charge in [-0.15, -0.1) is 0 Å². The molecule has 1 aromatic rings. The van der Waals surface area contributed by atoms with E-state index in [4.69, 9.17) is 5.73 Å². The van der Waals surface area contributed by atoms with Crippen molar-refractivity contribution in [2.24, 2.45) is 24.6 Å². The van der Waals surface area contributed by atoms with Gasteiger partial charge in [-0.2, -0.15) is 5.10 Å². The van der Waals surface area contributed by atoms with Gasteiger partial charge in [-0.3, -0.25) is 9.58 Å². The Balaban J connectivity index is 1.74. The first kappa shape index (κ1) is 12.1. The van der Waals surface area contributed by atoms with E-state index < -0.39 is 0 Å². The SMILES string of the molecule is Cn1cc(C(CN)N2CC3CCC(O)C3C2)cn1. The number of aliphatic hydroxyl groups is 1. The molecule has 1 saturated carbocycles. The van der Waals surface area contributed by atoms with E-state index in [0.717, 1.165) is 25.9 Å². The summed E-state index contributed by atoms with van der Waals surface area (Å²) in [5.41, 5.74) is 7.13. The van der Waals surface area contributed by atoms with Crippen molar-refractivity contribution in [3.63, 3.8) is 0 Å². The van der Waals surface area contributed by atoms with Gasteiger partial charge in [0.2, 0.25) is 0 Å². The number of nitrogens with zero attached hydrogens (tertiary/aromatic N) is 3. The Morgan fingerprint density at radius 1 is 1.50 bits per heavy atom. The van der Waals surface area contributed by atoms with Gasteiger partial charge >= 0.3 is 0 Å². The van der Waals surface area contributed by atoms with Gasteiger partial charge in [0, 0.05) is 44.4 Å². The number of rotatable bonds is 3. The molecular weight excluding hydrogens is 228 g/mol. The number of likely N-dealkylation sites (tertiary alicyclic amines) is 1. The molecule has 1 aromatic heterocycles. The highest BCUT2D eigenvalue weighted by atomic mass is 16.3. The highest BCUT2D eigenvalue weighted by Gasteiger charge is 2.43. The van der Waals surface area contributed by atoms with Crippen LogP contribution in [0.15, 0.2) is 12.4 Å². The maximum atomic E-state index is 9.97. The predicted molar refractivity (Wildman–Crippen MR) is 68.8 cm³/mol. The normalized spacial score (nSPS) is 33.8. The third kappa shape index (κ3) is 1.96. The second-order valence-electron chi connectivity index (χ2n) is 5.72. The minimum atomic E-state index is -0.104. The second-order valence-corrected chi connectivity index (χ2v) is 5.72. The Morgan fingerprint density at radius 2 is 2.33 bits per heavy atom. The minimum Gasteiger partial charge on any atom is -0.393 e. The lowest BCUT2D eigenvalue weighted by Crippen LogP contribution is -2.33. The van der Waals surface area contributed by atoms with Gasteiger partial charge in [0.25, 0.3) is 0 Å². The molecule has 3 rings (SSSR count). The van der Waals surface area contributed by atoms with Crippen molar-refractivity contribution >= 4 is 0 Å². The molecule has 1 aliphatic heterocycles. The topological polar surface area (TPSA) is 67.3 Å². The summed E-state index contributed by atoms with van der Waals surface area (Å²) < 4.78 is 1.82. The van der Waals surface area contributed by atoms with Crippen molar-refractivity contribution in [1.29, 1.82) is 0 Å². The first-order valence-electron chi connectivity index (χ1n) is 6.79. The van der Waals surface area contributed by atoms with E-state index in [9.17, 15) is 5.11 Å². The molecule has 100 valence electrons. The fourth-order valence-electron chi connectivity index (χ4n) is 3.63. The molecule has 1 saturated heterocycles. The number of nitrogens with two attached hydrogens (primary N) is 1. The lowest BCUT2D eigenvalue weighted by atomic mass is 10.00. The van der Waals surface area contributed by atoms with Crippen LogP contribution in [0, 0.1) is 11.8 Å². The van der Waals surface area contributed by atoms with E-state index in [1.54, 1.807) is 0 Å². The lowest BCUT2D eigenvalue weighted by Gasteiger charge is -2.26. The van der Waals surface area contributed by atoms with Crippen LogP contribution in [-0.2, 0) is 7.05 Å². The summed E-state index contributed by atoms with van der Waals surface area (Å²) in [6.45, 7) is 2.66. The fourth-order valence-corrected chi connectivity index (χ4v) is 3.63. The maximum absolute atomic E-state index is 9.97. The predicted octanol–water partition coefficient (Wildman–Crippen LogP) is 0.123. The standard InChI is InChI=1S/C13H22N4O/c1-16-6-10(5-15-16)12(4-14)17-7-9-2-3-13(18)11(9)8-17/h5-6,9,11-13,18H,2-4,7-8,14H2,1H3. The molecule has 0 amide bonds. The summed E-state index contributed by atoms with van der Waals surface area (Å²) in [6, 6.07) is 0.247. The number of hydrogen-bond donors (Lipinski definition) is 2. The highest BCUT2D eigenvalue weighted by Crippen LogP contribution is 2.40. The largest absolute Gasteiger partial charge is 0.393 e. The van der Waals surface area contributed by atoms with Crippen LogP contribution in [0.5, 0.6) is 0 Å². The molecule has 2 heterocycles. The summed E-state index contributed by atoms with van der Waals surface area (Å²) in [5.74, 6) is 1.11. The molecular formula is C13H22N4O. The molecule has 0 radical (unpaired) electrons. The molecule has 3 N–H and O–H groups in total. The first-order valence-corrected chi connectivity index (χ1v) is 6.79. The van der Waals surface area contributed by atoms with Gasteiger partial charge in [-0.1, -0.05) is 0 Å². The highest BCUT2D eigenvalue weighted by molar-refractivity contribution is 5.12. The number of hydrogen-bond acceptors (Lipinski definition) is 4. The van der Waals surface area contributed by atoms with Crippen molar-refractivity contribution in [3.05, 3.63) is 18.0 Å². The quantitative estimate of drug-likeness (QED) is 0.800. The third-order valence-electron chi connectivity index (χ3n) is 4.62. The summed E-state index contributed by atoms with van der Waals surface area (Å²) in [7, 11) is 1.93. The van der Waals surface area contributed by atoms with E-state index in [2.05, 4.69) is 10.00 Å². The molecule has 2 aliphatic rings. The number of aromatic nitrogens is 2. The van der Waals surface area contributed by atoms with E-state index in [-0.39, 0.29) is 12.1 Å². The third-order valence-corrected chi connectivity index (χ3v) is 4.62. The number of aliphatic hydroxyl groups excluding tert-OH is 1. The molecule has 5 heteroatoms. The monoisotopic (exact) mass is 250 g/mol. The van der Waals surface area contributed by atoms with Gasteiger partial charge in [-0.25, -0.2) is 0 Å². The van der Waals surface area contributed by atoms with Crippen molar-refractivity contribution in [2.45, 2.75) is 25.0 Å². The van der Waals surface area contributed by atoms with Crippen molar-refractivity contribution in [3.8, 4) is 0 Å². The fraction of sp³-hybridized carbons (Fsp3) is 0.769. The zero-order valence-electron chi connectivity index (χ0n) is 10.9. The van der Waals surface area contributed by atoms with E-state index >= 15 is 0 Å². The van der Waals surface area contributed by atoms with Crippen LogP contribution >= 0.6 is 0 Å². The zero-order chi connectivity index (χ0) is 12.7. The van der Waals surface area contributed by atoms with Crippen LogP contribution in [0.3, 0.4) is 0 Å². The Morgan fingerprint density at radius 3 is 2.94 bits per heavy atom. The van der Waals surface area contributed by atoms with Gasteiger partial charge in [-0.05, 0) is 18.8 Å². The Kier molecular flexibility index (Phi) is 3.13. The van der Waals surface area contributed by atoms with Gasteiger partial charge in [0.05, 0.1) is 18.3 Å². The molecule has 4 unspecified atom stereocenters. The Labute approximate surface area is 108 Å². The lowest BCUT2D eigenvalue weighted by molar-refractivity contribution is 0.118. The van der Waals surface area contributed by atoms with Crippen molar-refractivity contribution in [2.75, 3.05) is 19.6 Å². The Hall–Kier alpha value is -0.910. The van der Waals surface area contributed by atoms with Crippen LogP contribution < -0.4 is 5.73 Å². The van der Waals surface area contributed by atoms with E-state index in [0.29, 0.717) is 18.4 Å². The minimum absolute atomic E-state index is 0.104. The van der Waals surface area contributed by atoms with Crippen LogP contribution in [0.25, 0.3) is 0 Å². The molecule has 18 heavy (non-hydrogen) atoms. The number of aryl methyl sites for hydroxylation is 1. The number of fused-ring (bicyclic) bond motifs is 1. The molecule has 0 aromatic carbocycles.